The smallest absolute Gasteiger partial charge is 0.00928 e. The van der Waals surface area contributed by atoms with Gasteiger partial charge >= 0.3 is 0 Å². The van der Waals surface area contributed by atoms with E-state index in [2.05, 4.69) is 158 Å². The van der Waals surface area contributed by atoms with E-state index in [1.165, 1.54) is 76.5 Å². The van der Waals surface area contributed by atoms with E-state index in [9.17, 15) is 0 Å². The van der Waals surface area contributed by atoms with Gasteiger partial charge in [0.25, 0.3) is 0 Å². The molecule has 8 aromatic carbocycles. The van der Waals surface area contributed by atoms with Crippen LogP contribution in [0.15, 0.2) is 158 Å². The maximum Gasteiger partial charge on any atom is -0.00928 e. The van der Waals surface area contributed by atoms with Gasteiger partial charge in [-0.2, -0.15) is 0 Å². The summed E-state index contributed by atoms with van der Waals surface area (Å²) in [6.45, 7) is 0. The van der Waals surface area contributed by atoms with Gasteiger partial charge in [-0.05, 0) is 101 Å². The summed E-state index contributed by atoms with van der Waals surface area (Å²) in [5.74, 6) is 0. The van der Waals surface area contributed by atoms with Gasteiger partial charge in [0.1, 0.15) is 0 Å². The van der Waals surface area contributed by atoms with Crippen LogP contribution in [0.3, 0.4) is 0 Å². The van der Waals surface area contributed by atoms with Crippen molar-refractivity contribution in [2.24, 2.45) is 0 Å². The van der Waals surface area contributed by atoms with Crippen LogP contribution in [-0.2, 0) is 0 Å². The lowest BCUT2D eigenvalue weighted by Gasteiger charge is -2.14. The van der Waals surface area contributed by atoms with Gasteiger partial charge in [-0.25, -0.2) is 0 Å². The highest BCUT2D eigenvalue weighted by molar-refractivity contribution is 6.14. The zero-order valence-corrected chi connectivity index (χ0v) is 22.0. The van der Waals surface area contributed by atoms with E-state index in [4.69, 9.17) is 0 Å². The second-order valence-corrected chi connectivity index (χ2v) is 10.6. The van der Waals surface area contributed by atoms with Crippen LogP contribution in [0.2, 0.25) is 0 Å². The predicted octanol–water partition coefficient (Wildman–Crippen LogP) is 11.3. The van der Waals surface area contributed by atoms with E-state index in [-0.39, 0.29) is 0 Å². The summed E-state index contributed by atoms with van der Waals surface area (Å²) in [4.78, 5) is 0. The fraction of sp³-hybridized carbons (Fsp3) is 0. The molecule has 0 saturated carbocycles. The molecule has 0 nitrogen and oxygen atoms in total. The molecule has 0 N–H and O–H groups in total. The molecule has 0 amide bonds. The molecule has 0 bridgehead atoms. The van der Waals surface area contributed by atoms with Gasteiger partial charge in [0.2, 0.25) is 0 Å². The van der Waals surface area contributed by atoms with Crippen molar-refractivity contribution in [2.75, 3.05) is 0 Å². The van der Waals surface area contributed by atoms with Crippen molar-refractivity contribution in [2.45, 2.75) is 0 Å². The van der Waals surface area contributed by atoms with Gasteiger partial charge in [0.15, 0.2) is 0 Å². The minimum atomic E-state index is 1.23. The molecular formula is C40H26. The third-order valence-electron chi connectivity index (χ3n) is 8.22. The first-order chi connectivity index (χ1) is 19.8. The predicted molar refractivity (Wildman–Crippen MR) is 173 cm³/mol. The molecule has 0 radical (unpaired) electrons. The first-order valence-corrected chi connectivity index (χ1v) is 13.8. The zero-order chi connectivity index (χ0) is 26.5. The second kappa shape index (κ2) is 9.22. The summed E-state index contributed by atoms with van der Waals surface area (Å²) in [6.07, 6.45) is 0. The van der Waals surface area contributed by atoms with Crippen LogP contribution in [0.5, 0.6) is 0 Å². The van der Waals surface area contributed by atoms with Crippen LogP contribution >= 0.6 is 0 Å². The molecule has 0 aliphatic heterocycles. The average molecular weight is 507 g/mol. The Balaban J connectivity index is 1.28. The molecule has 0 aromatic heterocycles. The van der Waals surface area contributed by atoms with Crippen molar-refractivity contribution in [1.82, 2.24) is 0 Å². The summed E-state index contributed by atoms with van der Waals surface area (Å²) in [5.41, 5.74) is 7.45. The van der Waals surface area contributed by atoms with Crippen LogP contribution in [-0.4, -0.2) is 0 Å². The van der Waals surface area contributed by atoms with E-state index < -0.39 is 0 Å². The molecule has 0 fully saturated rings. The number of benzene rings is 8. The maximum atomic E-state index is 2.37. The zero-order valence-electron chi connectivity index (χ0n) is 22.0. The molecule has 0 aliphatic carbocycles. The molecule has 0 heterocycles. The molecule has 0 atom stereocenters. The lowest BCUT2D eigenvalue weighted by molar-refractivity contribution is 1.62. The maximum absolute atomic E-state index is 2.37. The van der Waals surface area contributed by atoms with Crippen LogP contribution in [0, 0.1) is 0 Å². The first-order valence-electron chi connectivity index (χ1n) is 13.8. The topological polar surface area (TPSA) is 0 Å². The minimum absolute atomic E-state index is 1.23. The number of rotatable bonds is 3. The Bertz CT molecular complexity index is 2200. The van der Waals surface area contributed by atoms with Gasteiger partial charge in [-0.15, -0.1) is 0 Å². The average Bonchev–Trinajstić information content (AvgIpc) is 3.04. The summed E-state index contributed by atoms with van der Waals surface area (Å²) in [5, 5.41) is 10.2. The van der Waals surface area contributed by atoms with Crippen LogP contribution in [0.4, 0.5) is 0 Å². The number of fused-ring (bicyclic) bond motifs is 5. The van der Waals surface area contributed by atoms with Crippen LogP contribution in [0.25, 0.3) is 76.5 Å². The Morgan fingerprint density at radius 1 is 0.225 bits per heavy atom. The van der Waals surface area contributed by atoms with E-state index >= 15 is 0 Å². The normalized spacial score (nSPS) is 11.5. The molecule has 40 heavy (non-hydrogen) atoms. The number of hydrogen-bond acceptors (Lipinski definition) is 0. The Morgan fingerprint density at radius 2 is 0.700 bits per heavy atom. The van der Waals surface area contributed by atoms with Crippen molar-refractivity contribution >= 4 is 43.1 Å². The highest BCUT2D eigenvalue weighted by Crippen LogP contribution is 2.38. The molecule has 8 rings (SSSR count). The Hall–Kier alpha value is -5.20. The van der Waals surface area contributed by atoms with E-state index in [0.717, 1.165) is 0 Å². The number of hydrogen-bond donors (Lipinski definition) is 0. The molecule has 0 heteroatoms. The third kappa shape index (κ3) is 3.85. The molecule has 0 aliphatic rings. The van der Waals surface area contributed by atoms with E-state index in [0.29, 0.717) is 0 Å². The van der Waals surface area contributed by atoms with Gasteiger partial charge in [0.05, 0.1) is 0 Å². The minimum Gasteiger partial charge on any atom is -0.0616 e. The van der Waals surface area contributed by atoms with E-state index in [1.807, 2.05) is 0 Å². The Morgan fingerprint density at radius 3 is 1.38 bits per heavy atom. The molecular weight excluding hydrogens is 480 g/mol. The molecule has 0 saturated heterocycles. The van der Waals surface area contributed by atoms with E-state index in [1.54, 1.807) is 0 Å². The van der Waals surface area contributed by atoms with Crippen molar-refractivity contribution in [3.63, 3.8) is 0 Å². The monoisotopic (exact) mass is 506 g/mol. The largest absolute Gasteiger partial charge is 0.0616 e. The SMILES string of the molecule is c1ccc2cc(-c3ccc(-c4cc5ccccc5c5ccc(-c6ccc7ccccc7c6)cc45)cc3)ccc2c1. The molecule has 0 unspecified atom stereocenters. The van der Waals surface area contributed by atoms with Crippen molar-refractivity contribution in [1.29, 1.82) is 0 Å². The van der Waals surface area contributed by atoms with Crippen LogP contribution < -0.4 is 0 Å². The highest BCUT2D eigenvalue weighted by Gasteiger charge is 2.11. The van der Waals surface area contributed by atoms with Crippen molar-refractivity contribution in [3.8, 4) is 33.4 Å². The first kappa shape index (κ1) is 22.8. The quantitative estimate of drug-likeness (QED) is 0.209. The molecule has 186 valence electrons. The summed E-state index contributed by atoms with van der Waals surface area (Å²) in [6, 6.07) is 57.7. The fourth-order valence-electron chi connectivity index (χ4n) is 6.10. The lowest BCUT2D eigenvalue weighted by Crippen LogP contribution is -1.87. The van der Waals surface area contributed by atoms with Crippen molar-refractivity contribution in [3.05, 3.63) is 158 Å². The van der Waals surface area contributed by atoms with Gasteiger partial charge < -0.3 is 0 Å². The van der Waals surface area contributed by atoms with Gasteiger partial charge in [-0.1, -0.05) is 133 Å². The molecule has 8 aromatic rings. The standard InChI is InChI=1S/C40H26/c1-3-9-31-23-33(19-15-27(31)7-1)29-13-17-30(18-14-29)39-26-36-11-5-6-12-37(36)38-22-21-35(25-40(38)39)34-20-16-28-8-2-4-10-32(28)24-34/h1-26H. The highest BCUT2D eigenvalue weighted by atomic mass is 14.1. The Labute approximate surface area is 233 Å². The second-order valence-electron chi connectivity index (χ2n) is 10.6. The third-order valence-corrected chi connectivity index (χ3v) is 8.22. The van der Waals surface area contributed by atoms with Gasteiger partial charge in [0, 0.05) is 0 Å². The summed E-state index contributed by atoms with van der Waals surface area (Å²) < 4.78 is 0. The summed E-state index contributed by atoms with van der Waals surface area (Å²) in [7, 11) is 0. The lowest BCUT2D eigenvalue weighted by atomic mass is 9.90. The Kier molecular flexibility index (Phi) is 5.24. The fourth-order valence-corrected chi connectivity index (χ4v) is 6.10. The summed E-state index contributed by atoms with van der Waals surface area (Å²) >= 11 is 0. The van der Waals surface area contributed by atoms with Crippen molar-refractivity contribution < 1.29 is 0 Å². The van der Waals surface area contributed by atoms with Gasteiger partial charge in [-0.3, -0.25) is 0 Å². The molecule has 0 spiro atoms. The van der Waals surface area contributed by atoms with Crippen LogP contribution in [0.1, 0.15) is 0 Å².